The van der Waals surface area contributed by atoms with Crippen LogP contribution in [0.25, 0.3) is 0 Å². The Balaban J connectivity index is -0.0000000560. The van der Waals surface area contributed by atoms with Crippen molar-refractivity contribution in [1.82, 2.24) is 0 Å². The van der Waals surface area contributed by atoms with E-state index < -0.39 is 0 Å². The summed E-state index contributed by atoms with van der Waals surface area (Å²) in [4.78, 5) is 9.98. The molecule has 0 rings (SSSR count). The zero-order chi connectivity index (χ0) is 9.86. The van der Waals surface area contributed by atoms with Crippen molar-refractivity contribution in [2.24, 2.45) is 0 Å². The summed E-state index contributed by atoms with van der Waals surface area (Å²) in [5, 5.41) is 9.98. The van der Waals surface area contributed by atoms with Gasteiger partial charge in [0.05, 0.1) is 0 Å². The molecule has 0 N–H and O–H groups in total. The van der Waals surface area contributed by atoms with Crippen LogP contribution in [-0.4, -0.2) is 5.78 Å². The van der Waals surface area contributed by atoms with Crippen LogP contribution in [-0.2, 0) is 24.3 Å². The van der Waals surface area contributed by atoms with Gasteiger partial charge in [0.2, 0.25) is 0 Å². The summed E-state index contributed by atoms with van der Waals surface area (Å²) in [6.07, 6.45) is 1.06. The minimum absolute atomic E-state index is 0. The third-order valence-corrected chi connectivity index (χ3v) is 0.407. The summed E-state index contributed by atoms with van der Waals surface area (Å²) in [6.45, 7) is 14.7. The summed E-state index contributed by atoms with van der Waals surface area (Å²) in [5.41, 5.74) is 0. The van der Waals surface area contributed by atoms with Gasteiger partial charge in [0.15, 0.2) is 5.78 Å². The van der Waals surface area contributed by atoms with Gasteiger partial charge in [-0.15, -0.1) is 32.1 Å². The molecule has 0 saturated carbocycles. The first-order valence-electron chi connectivity index (χ1n) is 2.99. The second-order valence-corrected chi connectivity index (χ2v) is 1.37. The Morgan fingerprint density at radius 1 is 1.17 bits per heavy atom. The summed E-state index contributed by atoms with van der Waals surface area (Å²) in [6, 6.07) is 0. The van der Waals surface area contributed by atoms with Gasteiger partial charge in [-0.3, -0.25) is 4.79 Å². The largest absolute Gasteiger partial charge is 0.876 e. The molecule has 3 heteroatoms. The molecule has 0 spiro atoms. The van der Waals surface area contributed by atoms with E-state index in [4.69, 9.17) is 0 Å². The van der Waals surface area contributed by atoms with Crippen LogP contribution in [0.2, 0.25) is 0 Å². The minimum atomic E-state index is -0.187. The van der Waals surface area contributed by atoms with Gasteiger partial charge in [-0.05, 0) is 13.0 Å². The number of rotatable bonds is 1. The quantitative estimate of drug-likeness (QED) is 0.309. The van der Waals surface area contributed by atoms with Gasteiger partial charge in [-0.1, -0.05) is 6.92 Å². The molecule has 2 nitrogen and oxygen atoms in total. The molecule has 0 saturated heterocycles. The fraction of sp³-hybridized carbons (Fsp3) is 0.222. The molecule has 0 aromatic carbocycles. The Bertz CT molecular complexity index is 124. The van der Waals surface area contributed by atoms with E-state index >= 15 is 0 Å². The number of carbonyl (C=O) groups is 1. The molecular formula is C9H15O2Rh-. The van der Waals surface area contributed by atoms with E-state index in [9.17, 15) is 9.90 Å². The van der Waals surface area contributed by atoms with Crippen molar-refractivity contribution in [3.63, 3.8) is 0 Å². The Morgan fingerprint density at radius 2 is 1.42 bits per heavy atom. The summed E-state index contributed by atoms with van der Waals surface area (Å²) in [5.74, 6) is -0.375. The van der Waals surface area contributed by atoms with E-state index in [0.717, 1.165) is 6.08 Å². The van der Waals surface area contributed by atoms with Crippen molar-refractivity contribution in [3.05, 3.63) is 38.2 Å². The molecule has 0 aromatic heterocycles. The van der Waals surface area contributed by atoms with Crippen molar-refractivity contribution in [1.29, 1.82) is 0 Å². The van der Waals surface area contributed by atoms with Crippen LogP contribution in [0, 0.1) is 0 Å². The molecule has 0 fully saturated rings. The maximum atomic E-state index is 9.98. The second-order valence-electron chi connectivity index (χ2n) is 1.37. The molecule has 73 valence electrons. The Kier molecular flexibility index (Phi) is 42.1. The first-order valence-corrected chi connectivity index (χ1v) is 2.99. The maximum Gasteiger partial charge on any atom is 0.151 e. The van der Waals surface area contributed by atoms with Gasteiger partial charge in [-0.2, -0.15) is 0 Å². The van der Waals surface area contributed by atoms with Crippen LogP contribution in [0.4, 0.5) is 0 Å². The number of hydrogen-bond acceptors (Lipinski definition) is 2. The van der Waals surface area contributed by atoms with Gasteiger partial charge in [0.25, 0.3) is 0 Å². The molecule has 1 radical (unpaired) electrons. The van der Waals surface area contributed by atoms with E-state index in [1.165, 1.54) is 13.8 Å². The summed E-state index contributed by atoms with van der Waals surface area (Å²) in [7, 11) is 0. The summed E-state index contributed by atoms with van der Waals surface area (Å²) < 4.78 is 0. The first-order chi connectivity index (χ1) is 5.13. The van der Waals surface area contributed by atoms with Gasteiger partial charge in [-0.25, -0.2) is 0 Å². The average Bonchev–Trinajstić information content (AvgIpc) is 1.93. The van der Waals surface area contributed by atoms with Crippen LogP contribution < -0.4 is 5.11 Å². The van der Waals surface area contributed by atoms with Crippen LogP contribution in [0.15, 0.2) is 38.2 Å². The topological polar surface area (TPSA) is 40.1 Å². The van der Waals surface area contributed by atoms with E-state index in [0.29, 0.717) is 0 Å². The molecule has 0 aliphatic carbocycles. The monoisotopic (exact) mass is 258 g/mol. The van der Waals surface area contributed by atoms with Crippen molar-refractivity contribution in [3.8, 4) is 0 Å². The fourth-order valence-corrected chi connectivity index (χ4v) is 0.286. The number of ketones is 1. The maximum absolute atomic E-state index is 9.98. The fourth-order valence-electron chi connectivity index (χ4n) is 0.286. The van der Waals surface area contributed by atoms with Gasteiger partial charge < -0.3 is 5.11 Å². The smallest absolute Gasteiger partial charge is 0.151 e. The Morgan fingerprint density at radius 3 is 1.42 bits per heavy atom. The average molecular weight is 258 g/mol. The number of hydrogen-bond donors (Lipinski definition) is 0. The molecule has 0 atom stereocenters. The van der Waals surface area contributed by atoms with Gasteiger partial charge >= 0.3 is 0 Å². The molecule has 0 amide bonds. The van der Waals surface area contributed by atoms with Crippen molar-refractivity contribution >= 4 is 5.78 Å². The SMILES string of the molecule is C=C.C=C.CC(=O)/C=C(/C)[O-].[Rh]. The summed E-state index contributed by atoms with van der Waals surface area (Å²) >= 11 is 0. The van der Waals surface area contributed by atoms with E-state index in [-0.39, 0.29) is 31.0 Å². The van der Waals surface area contributed by atoms with E-state index in [1.54, 1.807) is 0 Å². The van der Waals surface area contributed by atoms with Gasteiger partial charge in [0.1, 0.15) is 0 Å². The standard InChI is InChI=1S/C5H8O2.2C2H4.Rh/c1-4(6)3-5(2)7;2*1-2;/h3,6H,1-2H3;2*1-2H2;/p-1/b4-3-;;;. The predicted octanol–water partition coefficient (Wildman–Crippen LogP) is 1.44. The van der Waals surface area contributed by atoms with Gasteiger partial charge in [0, 0.05) is 19.5 Å². The van der Waals surface area contributed by atoms with Crippen molar-refractivity contribution in [2.75, 3.05) is 0 Å². The third kappa shape index (κ3) is 58.6. The second kappa shape index (κ2) is 22.4. The molecule has 0 bridgehead atoms. The minimum Gasteiger partial charge on any atom is -0.876 e. The Hall–Kier alpha value is -0.687. The molecule has 0 aliphatic rings. The van der Waals surface area contributed by atoms with Crippen LogP contribution >= 0.6 is 0 Å². The molecule has 0 aromatic rings. The normalized spacial score (nSPS) is 7.33. The molecule has 0 unspecified atom stereocenters. The van der Waals surface area contributed by atoms with Crippen molar-refractivity contribution < 1.29 is 29.4 Å². The molecule has 0 aliphatic heterocycles. The number of carbonyl (C=O) groups excluding carboxylic acids is 1. The van der Waals surface area contributed by atoms with E-state index in [2.05, 4.69) is 26.3 Å². The zero-order valence-electron chi connectivity index (χ0n) is 7.56. The third-order valence-electron chi connectivity index (χ3n) is 0.407. The molecular weight excluding hydrogens is 243 g/mol. The van der Waals surface area contributed by atoms with Crippen LogP contribution in [0.5, 0.6) is 0 Å². The van der Waals surface area contributed by atoms with E-state index in [1.807, 2.05) is 0 Å². The Labute approximate surface area is 87.4 Å². The van der Waals surface area contributed by atoms with Crippen LogP contribution in [0.1, 0.15) is 13.8 Å². The number of allylic oxidation sites excluding steroid dienone is 2. The first kappa shape index (κ1) is 22.5. The molecule has 0 heterocycles. The predicted molar refractivity (Wildman–Crippen MR) is 46.9 cm³/mol. The van der Waals surface area contributed by atoms with Crippen molar-refractivity contribution in [2.45, 2.75) is 13.8 Å². The molecule has 12 heavy (non-hydrogen) atoms. The van der Waals surface area contributed by atoms with Crippen LogP contribution in [0.3, 0.4) is 0 Å². The zero-order valence-corrected chi connectivity index (χ0v) is 9.19.